The van der Waals surface area contributed by atoms with Crippen LogP contribution in [0, 0.1) is 19.8 Å². The highest BCUT2D eigenvalue weighted by Crippen LogP contribution is 2.31. The van der Waals surface area contributed by atoms with Gasteiger partial charge in [0.2, 0.25) is 15.9 Å². The Labute approximate surface area is 150 Å². The molecule has 0 bridgehead atoms. The van der Waals surface area contributed by atoms with E-state index in [4.69, 9.17) is 4.74 Å². The van der Waals surface area contributed by atoms with E-state index in [1.54, 1.807) is 17.9 Å². The lowest BCUT2D eigenvalue weighted by atomic mass is 10.1. The van der Waals surface area contributed by atoms with Gasteiger partial charge in [-0.05, 0) is 37.5 Å². The third kappa shape index (κ3) is 4.15. The number of methoxy groups -OCH3 is 1. The van der Waals surface area contributed by atoms with Crippen molar-refractivity contribution >= 4 is 15.9 Å². The molecule has 1 aromatic rings. The number of ether oxygens (including phenoxy) is 1. The number of rotatable bonds is 4. The summed E-state index contributed by atoms with van der Waals surface area (Å²) < 4.78 is 33.2. The number of amides is 1. The predicted molar refractivity (Wildman–Crippen MR) is 97.3 cm³/mol. The van der Waals surface area contributed by atoms with Crippen LogP contribution in [-0.2, 0) is 14.8 Å². The predicted octanol–water partition coefficient (Wildman–Crippen LogP) is 2.19. The molecule has 0 radical (unpaired) electrons. The van der Waals surface area contributed by atoms with Gasteiger partial charge in [-0.2, -0.15) is 4.31 Å². The number of hydrogen-bond donors (Lipinski definition) is 0. The average Bonchev–Trinajstić information content (AvgIpc) is 2.79. The molecule has 1 amide bonds. The lowest BCUT2D eigenvalue weighted by Crippen LogP contribution is -2.39. The molecule has 7 heteroatoms. The van der Waals surface area contributed by atoms with Crippen molar-refractivity contribution in [2.45, 2.75) is 39.0 Å². The Hall–Kier alpha value is -1.60. The molecule has 1 aliphatic heterocycles. The molecule has 25 heavy (non-hydrogen) atoms. The Kier molecular flexibility index (Phi) is 6.11. The van der Waals surface area contributed by atoms with Gasteiger partial charge in [0.25, 0.3) is 0 Å². The van der Waals surface area contributed by atoms with Crippen LogP contribution in [0.3, 0.4) is 0 Å². The number of carbonyl (C=O) groups excluding carboxylic acids is 1. The van der Waals surface area contributed by atoms with Gasteiger partial charge < -0.3 is 9.64 Å². The highest BCUT2D eigenvalue weighted by atomic mass is 32.2. The summed E-state index contributed by atoms with van der Waals surface area (Å²) in [5.74, 6) is 0.364. The van der Waals surface area contributed by atoms with E-state index in [-0.39, 0.29) is 16.7 Å². The molecule has 1 saturated heterocycles. The summed E-state index contributed by atoms with van der Waals surface area (Å²) in [6, 6.07) is 3.59. The van der Waals surface area contributed by atoms with Crippen molar-refractivity contribution in [3.63, 3.8) is 0 Å². The third-order valence-electron chi connectivity index (χ3n) is 4.46. The SMILES string of the molecule is COc1cc(C)cc(C)c1S(=O)(=O)N1CCCN(C(=O)C(C)C)CC1. The van der Waals surface area contributed by atoms with E-state index in [9.17, 15) is 13.2 Å². The van der Waals surface area contributed by atoms with Gasteiger partial charge in [0.05, 0.1) is 7.11 Å². The molecule has 0 aliphatic carbocycles. The summed E-state index contributed by atoms with van der Waals surface area (Å²) in [4.78, 5) is 14.2. The van der Waals surface area contributed by atoms with Crippen LogP contribution in [0.25, 0.3) is 0 Å². The summed E-state index contributed by atoms with van der Waals surface area (Å²) in [5.41, 5.74) is 1.63. The maximum absolute atomic E-state index is 13.2. The van der Waals surface area contributed by atoms with E-state index in [1.807, 2.05) is 26.8 Å². The van der Waals surface area contributed by atoms with E-state index in [0.29, 0.717) is 43.9 Å². The molecule has 0 atom stereocenters. The fraction of sp³-hybridized carbons (Fsp3) is 0.611. The fourth-order valence-corrected chi connectivity index (χ4v) is 5.06. The van der Waals surface area contributed by atoms with Crippen molar-refractivity contribution < 1.29 is 17.9 Å². The minimum atomic E-state index is -3.67. The molecule has 1 heterocycles. The van der Waals surface area contributed by atoms with Crippen molar-refractivity contribution in [2.24, 2.45) is 5.92 Å². The Morgan fingerprint density at radius 3 is 2.40 bits per heavy atom. The second-order valence-electron chi connectivity index (χ2n) is 6.85. The van der Waals surface area contributed by atoms with Crippen molar-refractivity contribution in [1.29, 1.82) is 0 Å². The standard InChI is InChI=1S/C18H28N2O4S/c1-13(2)18(21)19-7-6-8-20(10-9-19)25(22,23)17-15(4)11-14(3)12-16(17)24-5/h11-13H,6-10H2,1-5H3. The van der Waals surface area contributed by atoms with Crippen LogP contribution >= 0.6 is 0 Å². The largest absolute Gasteiger partial charge is 0.495 e. The minimum Gasteiger partial charge on any atom is -0.495 e. The van der Waals surface area contributed by atoms with Crippen LogP contribution < -0.4 is 4.74 Å². The van der Waals surface area contributed by atoms with Gasteiger partial charge >= 0.3 is 0 Å². The van der Waals surface area contributed by atoms with Gasteiger partial charge in [-0.15, -0.1) is 0 Å². The van der Waals surface area contributed by atoms with Crippen LogP contribution in [0.4, 0.5) is 0 Å². The van der Waals surface area contributed by atoms with Crippen LogP contribution in [0.2, 0.25) is 0 Å². The molecule has 0 N–H and O–H groups in total. The van der Waals surface area contributed by atoms with Crippen molar-refractivity contribution in [3.05, 3.63) is 23.3 Å². The number of aryl methyl sites for hydroxylation is 2. The maximum atomic E-state index is 13.2. The normalized spacial score (nSPS) is 16.8. The zero-order valence-corrected chi connectivity index (χ0v) is 16.5. The lowest BCUT2D eigenvalue weighted by molar-refractivity contribution is -0.134. The zero-order chi connectivity index (χ0) is 18.8. The molecule has 0 unspecified atom stereocenters. The van der Waals surface area contributed by atoms with Gasteiger partial charge in [0, 0.05) is 32.1 Å². The van der Waals surface area contributed by atoms with E-state index >= 15 is 0 Å². The van der Waals surface area contributed by atoms with Crippen LogP contribution in [0.15, 0.2) is 17.0 Å². The molecule has 1 fully saturated rings. The van der Waals surface area contributed by atoms with Crippen molar-refractivity contribution in [1.82, 2.24) is 9.21 Å². The molecular formula is C18H28N2O4S. The molecular weight excluding hydrogens is 340 g/mol. The zero-order valence-electron chi connectivity index (χ0n) is 15.7. The van der Waals surface area contributed by atoms with Crippen molar-refractivity contribution in [3.8, 4) is 5.75 Å². The van der Waals surface area contributed by atoms with E-state index < -0.39 is 10.0 Å². The second-order valence-corrected chi connectivity index (χ2v) is 8.73. The third-order valence-corrected chi connectivity index (χ3v) is 6.55. The Morgan fingerprint density at radius 1 is 1.12 bits per heavy atom. The van der Waals surface area contributed by atoms with E-state index in [2.05, 4.69) is 0 Å². The first-order valence-electron chi connectivity index (χ1n) is 8.62. The number of benzene rings is 1. The minimum absolute atomic E-state index is 0.0725. The van der Waals surface area contributed by atoms with Gasteiger partial charge in [-0.3, -0.25) is 4.79 Å². The molecule has 0 spiro atoms. The smallest absolute Gasteiger partial charge is 0.247 e. The summed E-state index contributed by atoms with van der Waals surface area (Å²) in [5, 5.41) is 0. The van der Waals surface area contributed by atoms with Crippen LogP contribution in [0.5, 0.6) is 5.75 Å². The first-order valence-corrected chi connectivity index (χ1v) is 10.1. The van der Waals surface area contributed by atoms with E-state index in [0.717, 1.165) is 5.56 Å². The number of carbonyl (C=O) groups is 1. The molecule has 2 rings (SSSR count). The molecule has 6 nitrogen and oxygen atoms in total. The van der Waals surface area contributed by atoms with E-state index in [1.165, 1.54) is 11.4 Å². The summed E-state index contributed by atoms with van der Waals surface area (Å²) >= 11 is 0. The number of hydrogen-bond acceptors (Lipinski definition) is 4. The lowest BCUT2D eigenvalue weighted by Gasteiger charge is -2.24. The molecule has 1 aliphatic rings. The summed E-state index contributed by atoms with van der Waals surface area (Å²) in [6.45, 7) is 9.14. The summed E-state index contributed by atoms with van der Waals surface area (Å²) in [7, 11) is -2.19. The second kappa shape index (κ2) is 7.74. The number of sulfonamides is 1. The van der Waals surface area contributed by atoms with Gasteiger partial charge in [0.1, 0.15) is 10.6 Å². The quantitative estimate of drug-likeness (QED) is 0.817. The Balaban J connectivity index is 2.31. The summed E-state index contributed by atoms with van der Waals surface area (Å²) in [6.07, 6.45) is 0.630. The average molecular weight is 368 g/mol. The van der Waals surface area contributed by atoms with Crippen LogP contribution in [0.1, 0.15) is 31.4 Å². The van der Waals surface area contributed by atoms with Gasteiger partial charge in [-0.1, -0.05) is 19.9 Å². The maximum Gasteiger partial charge on any atom is 0.247 e. The van der Waals surface area contributed by atoms with Crippen molar-refractivity contribution in [2.75, 3.05) is 33.3 Å². The highest BCUT2D eigenvalue weighted by Gasteiger charge is 2.32. The molecule has 1 aromatic carbocycles. The van der Waals surface area contributed by atoms with Crippen LogP contribution in [-0.4, -0.2) is 56.8 Å². The fourth-order valence-electron chi connectivity index (χ4n) is 3.25. The Bertz CT molecular complexity index is 744. The molecule has 140 valence electrons. The molecule has 0 aromatic heterocycles. The first-order chi connectivity index (χ1) is 11.7. The topological polar surface area (TPSA) is 66.9 Å². The Morgan fingerprint density at radius 2 is 1.80 bits per heavy atom. The monoisotopic (exact) mass is 368 g/mol. The van der Waals surface area contributed by atoms with Gasteiger partial charge in [0.15, 0.2) is 0 Å². The first kappa shape index (κ1) is 19.7. The highest BCUT2D eigenvalue weighted by molar-refractivity contribution is 7.89. The molecule has 0 saturated carbocycles. The van der Waals surface area contributed by atoms with Gasteiger partial charge in [-0.25, -0.2) is 8.42 Å². The number of nitrogens with zero attached hydrogens (tertiary/aromatic N) is 2.